The molecule has 2 aromatic carbocycles. The van der Waals surface area contributed by atoms with Gasteiger partial charge >= 0.3 is 0 Å². The van der Waals surface area contributed by atoms with E-state index in [0.29, 0.717) is 5.56 Å². The van der Waals surface area contributed by atoms with Gasteiger partial charge in [0.15, 0.2) is 0 Å². The monoisotopic (exact) mass is 255 g/mol. The molecule has 0 saturated carbocycles. The molecule has 0 N–H and O–H groups in total. The van der Waals surface area contributed by atoms with Gasteiger partial charge in [0.05, 0.1) is 0 Å². The molecule has 0 aliphatic rings. The smallest absolute Gasteiger partial charge is 0.126 e. The fourth-order valence-electron chi connectivity index (χ4n) is 2.03. The molecule has 18 heavy (non-hydrogen) atoms. The summed E-state index contributed by atoms with van der Waals surface area (Å²) < 4.78 is 14.7. The van der Waals surface area contributed by atoms with E-state index >= 15 is 0 Å². The molecule has 2 heteroatoms. The molecule has 3 rings (SSSR count). The number of halogens is 1. The largest absolute Gasteiger partial charge is 0.207 e. The maximum Gasteiger partial charge on any atom is 0.126 e. The predicted octanol–water partition coefficient (Wildman–Crippen LogP) is 4.95. The maximum absolute atomic E-state index is 13.5. The fourth-order valence-corrected chi connectivity index (χ4v) is 2.81. The molecule has 3 aromatic rings. The molecule has 0 atom stereocenters. The van der Waals surface area contributed by atoms with Gasteiger partial charge < -0.3 is 0 Å². The second kappa shape index (κ2) is 4.54. The summed E-state index contributed by atoms with van der Waals surface area (Å²) in [5.41, 5.74) is 2.74. The van der Waals surface area contributed by atoms with Crippen LogP contribution in [0.1, 0.15) is 16.7 Å². The van der Waals surface area contributed by atoms with Gasteiger partial charge in [0.2, 0.25) is 0 Å². The zero-order valence-electron chi connectivity index (χ0n) is 9.98. The number of thiophene rings is 1. The Morgan fingerprint density at radius 2 is 2.00 bits per heavy atom. The highest BCUT2D eigenvalue weighted by molar-refractivity contribution is 7.17. The van der Waals surface area contributed by atoms with Gasteiger partial charge in [0, 0.05) is 11.1 Å². The molecule has 0 saturated heterocycles. The Morgan fingerprint density at radius 3 is 2.89 bits per heavy atom. The quantitative estimate of drug-likeness (QED) is 0.608. The van der Waals surface area contributed by atoms with Gasteiger partial charge in [0.1, 0.15) is 5.82 Å². The Balaban J connectivity index is 1.98. The SMILES string of the molecule is Cc1c(F)cccc1[CH]c1ccc2sccc2c1. The molecule has 1 aromatic heterocycles. The standard InChI is InChI=1S/C16H12FS/c1-11-13(3-2-4-15(11)17)9-12-5-6-16-14(10-12)7-8-18-16/h2-10H,1H3. The lowest BCUT2D eigenvalue weighted by atomic mass is 9.99. The third-order valence-electron chi connectivity index (χ3n) is 3.11. The van der Waals surface area contributed by atoms with Crippen LogP contribution in [0.4, 0.5) is 4.39 Å². The summed E-state index contributed by atoms with van der Waals surface area (Å²) in [4.78, 5) is 0. The fraction of sp³-hybridized carbons (Fsp3) is 0.0625. The highest BCUT2D eigenvalue weighted by atomic mass is 32.1. The van der Waals surface area contributed by atoms with Gasteiger partial charge in [-0.1, -0.05) is 18.2 Å². The highest BCUT2D eigenvalue weighted by Gasteiger charge is 2.05. The number of rotatable bonds is 2. The van der Waals surface area contributed by atoms with Crippen molar-refractivity contribution in [3.8, 4) is 0 Å². The van der Waals surface area contributed by atoms with E-state index in [1.807, 2.05) is 19.4 Å². The summed E-state index contributed by atoms with van der Waals surface area (Å²) >= 11 is 1.73. The van der Waals surface area contributed by atoms with E-state index in [1.54, 1.807) is 17.4 Å². The van der Waals surface area contributed by atoms with E-state index in [0.717, 1.165) is 11.1 Å². The van der Waals surface area contributed by atoms with Crippen molar-refractivity contribution in [3.63, 3.8) is 0 Å². The third-order valence-corrected chi connectivity index (χ3v) is 4.01. The van der Waals surface area contributed by atoms with Crippen molar-refractivity contribution in [2.45, 2.75) is 6.92 Å². The zero-order chi connectivity index (χ0) is 12.5. The van der Waals surface area contributed by atoms with E-state index in [1.165, 1.54) is 16.2 Å². The zero-order valence-corrected chi connectivity index (χ0v) is 10.8. The Kier molecular flexibility index (Phi) is 2.88. The van der Waals surface area contributed by atoms with Crippen LogP contribution in [-0.4, -0.2) is 0 Å². The first-order valence-electron chi connectivity index (χ1n) is 5.81. The Labute approximate surface area is 110 Å². The molecule has 0 fully saturated rings. The van der Waals surface area contributed by atoms with Crippen molar-refractivity contribution >= 4 is 21.4 Å². The topological polar surface area (TPSA) is 0 Å². The number of benzene rings is 2. The second-order valence-electron chi connectivity index (χ2n) is 4.32. The second-order valence-corrected chi connectivity index (χ2v) is 5.26. The van der Waals surface area contributed by atoms with Crippen LogP contribution in [0.25, 0.3) is 10.1 Å². The van der Waals surface area contributed by atoms with Gasteiger partial charge in [-0.05, 0) is 58.6 Å². The summed E-state index contributed by atoms with van der Waals surface area (Å²) in [6, 6.07) is 13.6. The first kappa shape index (κ1) is 11.4. The lowest BCUT2D eigenvalue weighted by Crippen LogP contribution is -1.92. The van der Waals surface area contributed by atoms with Crippen LogP contribution in [-0.2, 0) is 0 Å². The molecular weight excluding hydrogens is 243 g/mol. The summed E-state index contributed by atoms with van der Waals surface area (Å²) in [5.74, 6) is -0.152. The van der Waals surface area contributed by atoms with Crippen LogP contribution >= 0.6 is 11.3 Å². The average Bonchev–Trinajstić information content (AvgIpc) is 2.82. The maximum atomic E-state index is 13.5. The van der Waals surface area contributed by atoms with Crippen LogP contribution in [0.3, 0.4) is 0 Å². The molecule has 89 valence electrons. The van der Waals surface area contributed by atoms with Gasteiger partial charge in [0.25, 0.3) is 0 Å². The minimum Gasteiger partial charge on any atom is -0.207 e. The van der Waals surface area contributed by atoms with Crippen molar-refractivity contribution < 1.29 is 4.39 Å². The summed E-state index contributed by atoms with van der Waals surface area (Å²) in [6.07, 6.45) is 2.02. The molecule has 0 unspecified atom stereocenters. The van der Waals surface area contributed by atoms with Crippen LogP contribution < -0.4 is 0 Å². The van der Waals surface area contributed by atoms with E-state index in [9.17, 15) is 4.39 Å². The minimum absolute atomic E-state index is 0.152. The summed E-state index contributed by atoms with van der Waals surface area (Å²) in [6.45, 7) is 1.81. The predicted molar refractivity (Wildman–Crippen MR) is 75.5 cm³/mol. The number of fused-ring (bicyclic) bond motifs is 1. The van der Waals surface area contributed by atoms with Crippen LogP contribution in [0.5, 0.6) is 0 Å². The van der Waals surface area contributed by atoms with Crippen molar-refractivity contribution in [3.05, 3.63) is 76.8 Å². The Hall–Kier alpha value is -1.67. The normalized spacial score (nSPS) is 11.0. The molecule has 1 radical (unpaired) electrons. The van der Waals surface area contributed by atoms with Crippen LogP contribution in [0, 0.1) is 19.2 Å². The first-order chi connectivity index (χ1) is 8.74. The number of hydrogen-bond donors (Lipinski definition) is 0. The summed E-state index contributed by atoms with van der Waals surface area (Å²) in [7, 11) is 0. The lowest BCUT2D eigenvalue weighted by molar-refractivity contribution is 0.617. The van der Waals surface area contributed by atoms with E-state index < -0.39 is 0 Å². The van der Waals surface area contributed by atoms with E-state index in [2.05, 4.69) is 29.6 Å². The van der Waals surface area contributed by atoms with Crippen molar-refractivity contribution in [2.75, 3.05) is 0 Å². The molecule has 0 bridgehead atoms. The van der Waals surface area contributed by atoms with Crippen LogP contribution in [0.15, 0.2) is 47.8 Å². The molecule has 0 aliphatic carbocycles. The van der Waals surface area contributed by atoms with Crippen LogP contribution in [0.2, 0.25) is 0 Å². The third kappa shape index (κ3) is 2.04. The Morgan fingerprint density at radius 1 is 1.11 bits per heavy atom. The molecular formula is C16H12FS. The van der Waals surface area contributed by atoms with Gasteiger partial charge in [-0.3, -0.25) is 0 Å². The Bertz CT molecular complexity index is 697. The van der Waals surface area contributed by atoms with Crippen molar-refractivity contribution in [2.24, 2.45) is 0 Å². The van der Waals surface area contributed by atoms with Crippen molar-refractivity contribution in [1.29, 1.82) is 0 Å². The minimum atomic E-state index is -0.152. The molecule has 1 heterocycles. The lowest BCUT2D eigenvalue weighted by Gasteiger charge is -2.06. The van der Waals surface area contributed by atoms with E-state index in [-0.39, 0.29) is 5.82 Å². The average molecular weight is 255 g/mol. The van der Waals surface area contributed by atoms with E-state index in [4.69, 9.17) is 0 Å². The highest BCUT2D eigenvalue weighted by Crippen LogP contribution is 2.25. The molecule has 0 nitrogen and oxygen atoms in total. The molecule has 0 spiro atoms. The first-order valence-corrected chi connectivity index (χ1v) is 6.69. The van der Waals surface area contributed by atoms with Gasteiger partial charge in [-0.2, -0.15) is 0 Å². The van der Waals surface area contributed by atoms with Gasteiger partial charge in [-0.15, -0.1) is 11.3 Å². The summed E-state index contributed by atoms with van der Waals surface area (Å²) in [5, 5.41) is 3.32. The molecule has 0 aliphatic heterocycles. The van der Waals surface area contributed by atoms with Gasteiger partial charge in [-0.25, -0.2) is 4.39 Å². The van der Waals surface area contributed by atoms with Crippen molar-refractivity contribution in [1.82, 2.24) is 0 Å². The number of hydrogen-bond acceptors (Lipinski definition) is 1. The molecule has 0 amide bonds.